The number of hydrogen-bond acceptors (Lipinski definition) is 2. The lowest BCUT2D eigenvalue weighted by molar-refractivity contribution is -0.153. The van der Waals surface area contributed by atoms with Gasteiger partial charge in [-0.05, 0) is 11.6 Å². The number of hydrogen-bond donors (Lipinski definition) is 2. The van der Waals surface area contributed by atoms with E-state index in [-0.39, 0.29) is 12.1 Å². The summed E-state index contributed by atoms with van der Waals surface area (Å²) in [5.41, 5.74) is 0.493. The van der Waals surface area contributed by atoms with E-state index < -0.39 is 18.1 Å². The fraction of sp³-hybridized carbons (Fsp3) is 0.231. The van der Waals surface area contributed by atoms with Gasteiger partial charge in [-0.15, -0.1) is 0 Å². The normalized spacial score (nSPS) is 12.9. The summed E-state index contributed by atoms with van der Waals surface area (Å²) in [6.45, 7) is 0. The summed E-state index contributed by atoms with van der Waals surface area (Å²) in [4.78, 5) is 11.7. The number of rotatable bonds is 4. The number of benzene rings is 1. The van der Waals surface area contributed by atoms with E-state index in [0.29, 0.717) is 5.56 Å². The maximum absolute atomic E-state index is 13.0. The van der Waals surface area contributed by atoms with E-state index in [2.05, 4.69) is 10.2 Å². The van der Waals surface area contributed by atoms with Crippen LogP contribution in [0.4, 0.5) is 13.2 Å². The van der Waals surface area contributed by atoms with E-state index in [0.717, 1.165) is 0 Å². The fourth-order valence-electron chi connectivity index (χ4n) is 1.72. The molecule has 0 saturated carbocycles. The number of amides is 1. The molecule has 1 aromatic heterocycles. The predicted octanol–water partition coefficient (Wildman–Crippen LogP) is 2.31. The van der Waals surface area contributed by atoms with Crippen LogP contribution in [0.3, 0.4) is 0 Å². The van der Waals surface area contributed by atoms with Gasteiger partial charge >= 0.3 is 6.18 Å². The van der Waals surface area contributed by atoms with Crippen LogP contribution in [0.25, 0.3) is 0 Å². The van der Waals surface area contributed by atoms with Crippen molar-refractivity contribution in [3.05, 3.63) is 53.9 Å². The average molecular weight is 283 g/mol. The largest absolute Gasteiger partial charge is 0.408 e. The van der Waals surface area contributed by atoms with E-state index in [4.69, 9.17) is 0 Å². The molecule has 0 unspecified atom stereocenters. The first kappa shape index (κ1) is 14.1. The number of nitrogens with zero attached hydrogens (tertiary/aromatic N) is 1. The number of H-pyrrole nitrogens is 1. The Morgan fingerprint density at radius 1 is 1.25 bits per heavy atom. The van der Waals surface area contributed by atoms with Crippen molar-refractivity contribution < 1.29 is 18.0 Å². The number of halogens is 3. The number of aromatic amines is 1. The standard InChI is InChI=1S/C13H12F3N3O/c14-13(15,16)11(8-9-4-2-1-3-5-9)18-12(20)10-6-7-17-19-10/h1-7,11H,8H2,(H,17,19)(H,18,20)/t11-/m0/s1. The van der Waals surface area contributed by atoms with Crippen LogP contribution in [0, 0.1) is 0 Å². The van der Waals surface area contributed by atoms with Crippen molar-refractivity contribution in [1.82, 2.24) is 15.5 Å². The Labute approximate surface area is 113 Å². The third-order valence-electron chi connectivity index (χ3n) is 2.73. The van der Waals surface area contributed by atoms with Crippen molar-refractivity contribution in [3.63, 3.8) is 0 Å². The number of alkyl halides is 3. The lowest BCUT2D eigenvalue weighted by Crippen LogP contribution is -2.46. The highest BCUT2D eigenvalue weighted by molar-refractivity contribution is 5.92. The van der Waals surface area contributed by atoms with Crippen LogP contribution >= 0.6 is 0 Å². The van der Waals surface area contributed by atoms with Crippen molar-refractivity contribution >= 4 is 5.91 Å². The third-order valence-corrected chi connectivity index (χ3v) is 2.73. The van der Waals surface area contributed by atoms with Gasteiger partial charge < -0.3 is 5.32 Å². The third kappa shape index (κ3) is 3.59. The Morgan fingerprint density at radius 2 is 1.95 bits per heavy atom. The number of carbonyl (C=O) groups excluding carboxylic acids is 1. The molecule has 0 aliphatic carbocycles. The van der Waals surface area contributed by atoms with Gasteiger partial charge in [0.2, 0.25) is 0 Å². The molecule has 0 radical (unpaired) electrons. The van der Waals surface area contributed by atoms with Crippen LogP contribution in [-0.2, 0) is 6.42 Å². The molecule has 1 atom stereocenters. The summed E-state index contributed by atoms with van der Waals surface area (Å²) in [6, 6.07) is 7.56. The van der Waals surface area contributed by atoms with Crippen LogP contribution < -0.4 is 5.32 Å². The van der Waals surface area contributed by atoms with Gasteiger partial charge in [-0.3, -0.25) is 9.89 Å². The zero-order chi connectivity index (χ0) is 14.6. The molecule has 0 aliphatic rings. The summed E-state index contributed by atoms with van der Waals surface area (Å²) in [5.74, 6) is -0.833. The SMILES string of the molecule is O=C(N[C@@H](Cc1ccccc1)C(F)(F)F)c1ccn[nH]1. The fourth-order valence-corrected chi connectivity index (χ4v) is 1.72. The van der Waals surface area contributed by atoms with Crippen molar-refractivity contribution in [3.8, 4) is 0 Å². The Hall–Kier alpha value is -2.31. The first-order chi connectivity index (χ1) is 9.47. The van der Waals surface area contributed by atoms with Crippen LogP contribution in [0.2, 0.25) is 0 Å². The second-order valence-electron chi connectivity index (χ2n) is 4.23. The molecule has 4 nitrogen and oxygen atoms in total. The number of carbonyl (C=O) groups is 1. The summed E-state index contributed by atoms with van der Waals surface area (Å²) in [6.07, 6.45) is -3.54. The maximum Gasteiger partial charge on any atom is 0.408 e. The van der Waals surface area contributed by atoms with Gasteiger partial charge in [-0.1, -0.05) is 30.3 Å². The maximum atomic E-state index is 13.0. The Balaban J connectivity index is 2.11. The van der Waals surface area contributed by atoms with Gasteiger partial charge in [0, 0.05) is 12.6 Å². The molecule has 0 aliphatic heterocycles. The van der Waals surface area contributed by atoms with Crippen LogP contribution in [0.15, 0.2) is 42.6 Å². The average Bonchev–Trinajstić information content (AvgIpc) is 2.92. The molecule has 20 heavy (non-hydrogen) atoms. The first-order valence-corrected chi connectivity index (χ1v) is 5.87. The smallest absolute Gasteiger partial charge is 0.339 e. The molecule has 0 fully saturated rings. The minimum Gasteiger partial charge on any atom is -0.339 e. The lowest BCUT2D eigenvalue weighted by Gasteiger charge is -2.21. The van der Waals surface area contributed by atoms with Gasteiger partial charge in [0.25, 0.3) is 5.91 Å². The zero-order valence-electron chi connectivity index (χ0n) is 10.3. The zero-order valence-corrected chi connectivity index (χ0v) is 10.3. The Bertz CT molecular complexity index is 552. The highest BCUT2D eigenvalue weighted by Crippen LogP contribution is 2.23. The second kappa shape index (κ2) is 5.77. The van der Waals surface area contributed by atoms with Crippen molar-refractivity contribution in [2.24, 2.45) is 0 Å². The van der Waals surface area contributed by atoms with Gasteiger partial charge in [0.15, 0.2) is 0 Å². The molecule has 2 aromatic rings. The van der Waals surface area contributed by atoms with Crippen molar-refractivity contribution in [2.75, 3.05) is 0 Å². The molecule has 1 amide bonds. The molecule has 0 saturated heterocycles. The number of aromatic nitrogens is 2. The van der Waals surface area contributed by atoms with Crippen molar-refractivity contribution in [1.29, 1.82) is 0 Å². The molecule has 7 heteroatoms. The van der Waals surface area contributed by atoms with Crippen molar-refractivity contribution in [2.45, 2.75) is 18.6 Å². The summed E-state index contributed by atoms with van der Waals surface area (Å²) in [5, 5.41) is 7.83. The van der Waals surface area contributed by atoms with Gasteiger partial charge in [0.05, 0.1) is 0 Å². The molecule has 2 rings (SSSR count). The topological polar surface area (TPSA) is 57.8 Å². The van der Waals surface area contributed by atoms with Crippen LogP contribution in [0.5, 0.6) is 0 Å². The minimum absolute atomic E-state index is 0.00712. The predicted molar refractivity (Wildman–Crippen MR) is 66.0 cm³/mol. The van der Waals surface area contributed by atoms with E-state index >= 15 is 0 Å². The Morgan fingerprint density at radius 3 is 2.50 bits per heavy atom. The molecule has 106 valence electrons. The van der Waals surface area contributed by atoms with Crippen LogP contribution in [-0.4, -0.2) is 28.3 Å². The molecule has 1 heterocycles. The molecule has 0 spiro atoms. The molecular weight excluding hydrogens is 271 g/mol. The summed E-state index contributed by atoms with van der Waals surface area (Å²) in [7, 11) is 0. The number of nitrogens with one attached hydrogen (secondary N) is 2. The lowest BCUT2D eigenvalue weighted by atomic mass is 10.1. The van der Waals surface area contributed by atoms with Gasteiger partial charge in [-0.25, -0.2) is 0 Å². The van der Waals surface area contributed by atoms with E-state index in [9.17, 15) is 18.0 Å². The monoisotopic (exact) mass is 283 g/mol. The minimum atomic E-state index is -4.52. The highest BCUT2D eigenvalue weighted by Gasteiger charge is 2.40. The summed E-state index contributed by atoms with van der Waals surface area (Å²) < 4.78 is 38.9. The first-order valence-electron chi connectivity index (χ1n) is 5.87. The van der Waals surface area contributed by atoms with Gasteiger partial charge in [0.1, 0.15) is 11.7 Å². The molecule has 0 bridgehead atoms. The highest BCUT2D eigenvalue weighted by atomic mass is 19.4. The molecule has 1 aromatic carbocycles. The van der Waals surface area contributed by atoms with Gasteiger partial charge in [-0.2, -0.15) is 18.3 Å². The van der Waals surface area contributed by atoms with E-state index in [1.807, 2.05) is 5.32 Å². The van der Waals surface area contributed by atoms with E-state index in [1.54, 1.807) is 30.3 Å². The summed E-state index contributed by atoms with van der Waals surface area (Å²) >= 11 is 0. The van der Waals surface area contributed by atoms with Crippen LogP contribution in [0.1, 0.15) is 16.1 Å². The van der Waals surface area contributed by atoms with E-state index in [1.165, 1.54) is 12.3 Å². The Kier molecular flexibility index (Phi) is 4.07. The second-order valence-corrected chi connectivity index (χ2v) is 4.23. The quantitative estimate of drug-likeness (QED) is 0.904. The molecule has 2 N–H and O–H groups in total. The molecular formula is C13H12F3N3O.